The predicted molar refractivity (Wildman–Crippen MR) is 102 cm³/mol. The van der Waals surface area contributed by atoms with E-state index in [1.165, 1.54) is 0 Å². The van der Waals surface area contributed by atoms with Gasteiger partial charge in [-0.15, -0.1) is 0 Å². The van der Waals surface area contributed by atoms with Gasteiger partial charge >= 0.3 is 5.97 Å². The molecule has 1 unspecified atom stereocenters. The lowest BCUT2D eigenvalue weighted by Crippen LogP contribution is -2.63. The van der Waals surface area contributed by atoms with Gasteiger partial charge in [0.25, 0.3) is 11.5 Å². The van der Waals surface area contributed by atoms with E-state index in [-0.39, 0.29) is 19.7 Å². The minimum Gasteiger partial charge on any atom is -0.479 e. The molecule has 1 aliphatic heterocycles. The minimum absolute atomic E-state index is 0.0540. The predicted octanol–water partition coefficient (Wildman–Crippen LogP) is 1.46. The second kappa shape index (κ2) is 9.45. The summed E-state index contributed by atoms with van der Waals surface area (Å²) >= 11 is 0. The van der Waals surface area contributed by atoms with E-state index in [0.717, 1.165) is 16.7 Å². The van der Waals surface area contributed by atoms with Gasteiger partial charge in [-0.1, -0.05) is 54.6 Å². The van der Waals surface area contributed by atoms with Crippen LogP contribution in [0.2, 0.25) is 0 Å². The van der Waals surface area contributed by atoms with Crippen molar-refractivity contribution in [3.05, 3.63) is 71.3 Å². The van der Waals surface area contributed by atoms with Crippen molar-refractivity contribution < 1.29 is 24.2 Å². The van der Waals surface area contributed by atoms with Gasteiger partial charge in [0.2, 0.25) is 0 Å². The summed E-state index contributed by atoms with van der Waals surface area (Å²) in [5.41, 5.74) is 1.06. The second-order valence-electron chi connectivity index (χ2n) is 6.64. The van der Waals surface area contributed by atoms with Crippen LogP contribution in [-0.4, -0.2) is 42.3 Å². The highest BCUT2D eigenvalue weighted by Gasteiger charge is 2.48. The molecule has 1 aliphatic rings. The molecule has 2 aromatic rings. The van der Waals surface area contributed by atoms with Crippen molar-refractivity contribution in [3.8, 4) is 0 Å². The molecular weight excluding hydrogens is 360 g/mol. The van der Waals surface area contributed by atoms with Crippen molar-refractivity contribution in [2.75, 3.05) is 19.7 Å². The van der Waals surface area contributed by atoms with Gasteiger partial charge in [-0.05, 0) is 16.7 Å². The van der Waals surface area contributed by atoms with Crippen LogP contribution >= 0.6 is 0 Å². The average molecular weight is 384 g/mol. The molecule has 2 aromatic carbocycles. The normalized spacial score (nSPS) is 19.1. The number of carboxylic acids is 1. The zero-order chi connectivity index (χ0) is 19.8. The lowest BCUT2D eigenvalue weighted by molar-refractivity contribution is -0.176. The van der Waals surface area contributed by atoms with E-state index < -0.39 is 17.5 Å². The fraction of sp³-hybridized carbons (Fsp3) is 0.333. The maximum Gasteiger partial charge on any atom is 0.347 e. The summed E-state index contributed by atoms with van der Waals surface area (Å²) < 4.78 is 11.0. The van der Waals surface area contributed by atoms with Gasteiger partial charge in [0.15, 0.2) is 0 Å². The van der Waals surface area contributed by atoms with Crippen LogP contribution < -0.4 is 10.6 Å². The zero-order valence-corrected chi connectivity index (χ0v) is 15.5. The van der Waals surface area contributed by atoms with Crippen LogP contribution in [-0.2, 0) is 38.8 Å². The molecule has 0 bridgehead atoms. The molecule has 1 atom stereocenters. The first-order valence-corrected chi connectivity index (χ1v) is 9.16. The second-order valence-corrected chi connectivity index (χ2v) is 6.64. The Bertz CT molecular complexity index is 803. The number of ether oxygens (including phenoxy) is 2. The van der Waals surface area contributed by atoms with Crippen LogP contribution in [0.4, 0.5) is 0 Å². The number of morpholine rings is 1. The van der Waals surface area contributed by atoms with Crippen molar-refractivity contribution in [1.29, 1.82) is 0 Å². The molecule has 0 saturated carbocycles. The Morgan fingerprint density at radius 1 is 1.07 bits per heavy atom. The molecule has 1 fully saturated rings. The van der Waals surface area contributed by atoms with Gasteiger partial charge in [-0.2, -0.15) is 0 Å². The van der Waals surface area contributed by atoms with Crippen molar-refractivity contribution in [2.24, 2.45) is 0 Å². The third kappa shape index (κ3) is 4.95. The number of aliphatic carboxylic acids is 1. The molecule has 0 aliphatic carbocycles. The Morgan fingerprint density at radius 2 is 1.79 bits per heavy atom. The molecule has 3 rings (SSSR count). The van der Waals surface area contributed by atoms with E-state index in [9.17, 15) is 14.7 Å². The van der Waals surface area contributed by atoms with Crippen molar-refractivity contribution >= 4 is 11.9 Å². The molecule has 3 N–H and O–H groups in total. The molecule has 0 spiro atoms. The number of hydrogen-bond acceptors (Lipinski definition) is 5. The van der Waals surface area contributed by atoms with Gasteiger partial charge in [0, 0.05) is 19.6 Å². The number of carboxylic acid groups (broad SMARTS) is 1. The summed E-state index contributed by atoms with van der Waals surface area (Å²) in [5, 5.41) is 15.0. The Balaban J connectivity index is 1.54. The van der Waals surface area contributed by atoms with E-state index >= 15 is 0 Å². The molecule has 28 heavy (non-hydrogen) atoms. The van der Waals surface area contributed by atoms with Gasteiger partial charge in [0.1, 0.15) is 0 Å². The summed E-state index contributed by atoms with van der Waals surface area (Å²) in [5.74, 6) is -1.95. The third-order valence-electron chi connectivity index (χ3n) is 4.54. The third-order valence-corrected chi connectivity index (χ3v) is 4.54. The number of amides is 1. The zero-order valence-electron chi connectivity index (χ0n) is 15.5. The molecule has 0 radical (unpaired) electrons. The first-order chi connectivity index (χ1) is 13.6. The Morgan fingerprint density at radius 3 is 2.50 bits per heavy atom. The topological polar surface area (TPSA) is 96.9 Å². The Labute approximate surface area is 163 Å². The van der Waals surface area contributed by atoms with Gasteiger partial charge in [-0.3, -0.25) is 4.79 Å². The number of carbonyl (C=O) groups excluding carboxylic acids is 1. The van der Waals surface area contributed by atoms with Crippen LogP contribution in [0, 0.1) is 0 Å². The van der Waals surface area contributed by atoms with E-state index in [1.807, 2.05) is 54.6 Å². The van der Waals surface area contributed by atoms with Crippen molar-refractivity contribution in [1.82, 2.24) is 10.6 Å². The number of rotatable bonds is 8. The molecule has 1 heterocycles. The monoisotopic (exact) mass is 384 g/mol. The van der Waals surface area contributed by atoms with Crippen LogP contribution in [0.3, 0.4) is 0 Å². The molecule has 1 amide bonds. The maximum atomic E-state index is 12.5. The molecule has 7 heteroatoms. The quantitative estimate of drug-likeness (QED) is 0.597. The lowest BCUT2D eigenvalue weighted by atomic mass is 10.0. The number of nitrogens with one attached hydrogen (secondary N) is 2. The van der Waals surface area contributed by atoms with E-state index in [0.29, 0.717) is 19.8 Å². The van der Waals surface area contributed by atoms with E-state index in [4.69, 9.17) is 9.47 Å². The summed E-state index contributed by atoms with van der Waals surface area (Å²) in [4.78, 5) is 24.0. The fourth-order valence-corrected chi connectivity index (χ4v) is 3.01. The fourth-order valence-electron chi connectivity index (χ4n) is 3.01. The average Bonchev–Trinajstić information content (AvgIpc) is 2.73. The van der Waals surface area contributed by atoms with Crippen LogP contribution in [0.5, 0.6) is 0 Å². The van der Waals surface area contributed by atoms with Crippen LogP contribution in [0.1, 0.15) is 16.7 Å². The van der Waals surface area contributed by atoms with Gasteiger partial charge < -0.3 is 25.2 Å². The summed E-state index contributed by atoms with van der Waals surface area (Å²) in [7, 11) is 0. The molecule has 7 nitrogen and oxygen atoms in total. The SMILES string of the molecule is O=C(O)C1(C(=O)NCc2cccc(COCc3ccccc3)c2)CNCCO1. The van der Waals surface area contributed by atoms with Gasteiger partial charge in [0.05, 0.1) is 19.8 Å². The molecule has 1 saturated heterocycles. The molecule has 148 valence electrons. The highest BCUT2D eigenvalue weighted by atomic mass is 16.5. The summed E-state index contributed by atoms with van der Waals surface area (Å²) in [6.07, 6.45) is 0. The van der Waals surface area contributed by atoms with Crippen molar-refractivity contribution in [3.63, 3.8) is 0 Å². The first-order valence-electron chi connectivity index (χ1n) is 9.16. The highest BCUT2D eigenvalue weighted by Crippen LogP contribution is 2.15. The molecular formula is C21H24N2O5. The first kappa shape index (κ1) is 20.0. The number of benzene rings is 2. The lowest BCUT2D eigenvalue weighted by Gasteiger charge is -2.32. The summed E-state index contributed by atoms with van der Waals surface area (Å²) in [6, 6.07) is 17.5. The minimum atomic E-state index is -1.88. The van der Waals surface area contributed by atoms with E-state index in [1.54, 1.807) is 0 Å². The highest BCUT2D eigenvalue weighted by molar-refractivity contribution is 6.05. The smallest absolute Gasteiger partial charge is 0.347 e. The standard InChI is InChI=1S/C21H24N2O5/c24-19(21(20(25)26)15-22-9-10-28-21)23-12-17-7-4-8-18(11-17)14-27-13-16-5-2-1-3-6-16/h1-8,11,22H,9-10,12-15H2,(H,23,24)(H,25,26). The van der Waals surface area contributed by atoms with Gasteiger partial charge in [-0.25, -0.2) is 4.79 Å². The van der Waals surface area contributed by atoms with E-state index in [2.05, 4.69) is 10.6 Å². The van der Waals surface area contributed by atoms with Crippen LogP contribution in [0.15, 0.2) is 54.6 Å². The summed E-state index contributed by atoms with van der Waals surface area (Å²) in [6.45, 7) is 1.82. The van der Waals surface area contributed by atoms with Crippen molar-refractivity contribution in [2.45, 2.75) is 25.4 Å². The number of hydrogen-bond donors (Lipinski definition) is 3. The Kier molecular flexibility index (Phi) is 6.76. The largest absolute Gasteiger partial charge is 0.479 e. The Hall–Kier alpha value is -2.74. The maximum absolute atomic E-state index is 12.5. The van der Waals surface area contributed by atoms with Crippen LogP contribution in [0.25, 0.3) is 0 Å². The molecule has 0 aromatic heterocycles. The number of carbonyl (C=O) groups is 2.